The van der Waals surface area contributed by atoms with E-state index in [0.717, 1.165) is 6.42 Å². The summed E-state index contributed by atoms with van der Waals surface area (Å²) in [6.45, 7) is 10.9. The first-order valence-electron chi connectivity index (χ1n) is 5.74. The molecule has 0 amide bonds. The minimum atomic E-state index is 0.269. The van der Waals surface area contributed by atoms with Gasteiger partial charge in [0.2, 0.25) is 0 Å². The summed E-state index contributed by atoms with van der Waals surface area (Å²) in [5, 5.41) is 0. The lowest BCUT2D eigenvalue weighted by molar-refractivity contribution is 0.490. The predicted octanol–water partition coefficient (Wildman–Crippen LogP) is 3.14. The Labute approximate surface area is 93.7 Å². The number of aryl methyl sites for hydroxylation is 3. The van der Waals surface area contributed by atoms with E-state index in [1.807, 2.05) is 0 Å². The number of rotatable bonds is 3. The third-order valence-corrected chi connectivity index (χ3v) is 3.26. The number of nitrogens with two attached hydrogens (primary N) is 1. The second-order valence-corrected chi connectivity index (χ2v) is 4.97. The molecule has 0 bridgehead atoms. The molecule has 0 radical (unpaired) electrons. The molecule has 1 unspecified atom stereocenters. The summed E-state index contributed by atoms with van der Waals surface area (Å²) in [4.78, 5) is 0. The molecule has 1 heteroatoms. The zero-order valence-electron chi connectivity index (χ0n) is 10.6. The molecular formula is C14H23N. The molecule has 0 heterocycles. The molecule has 0 spiro atoms. The molecule has 0 fully saturated rings. The molecule has 0 saturated carbocycles. The van der Waals surface area contributed by atoms with Gasteiger partial charge in [0.05, 0.1) is 0 Å². The third-order valence-electron chi connectivity index (χ3n) is 3.26. The highest BCUT2D eigenvalue weighted by Gasteiger charge is 2.10. The van der Waals surface area contributed by atoms with Crippen molar-refractivity contribution in [3.8, 4) is 0 Å². The van der Waals surface area contributed by atoms with E-state index in [2.05, 4.69) is 46.8 Å². The second kappa shape index (κ2) is 4.80. The minimum absolute atomic E-state index is 0.269. The van der Waals surface area contributed by atoms with Crippen LogP contribution in [0.3, 0.4) is 0 Å². The Morgan fingerprint density at radius 1 is 1.00 bits per heavy atom. The van der Waals surface area contributed by atoms with E-state index in [0.29, 0.717) is 5.92 Å². The predicted molar refractivity (Wildman–Crippen MR) is 67.2 cm³/mol. The lowest BCUT2D eigenvalue weighted by Gasteiger charge is -2.18. The molecule has 0 aromatic heterocycles. The van der Waals surface area contributed by atoms with Gasteiger partial charge in [0.25, 0.3) is 0 Å². The fraction of sp³-hybridized carbons (Fsp3) is 0.571. The molecule has 0 aliphatic carbocycles. The quantitative estimate of drug-likeness (QED) is 0.806. The SMILES string of the molecule is Cc1cc(C)c(CC(N)C(C)C)cc1C. The lowest BCUT2D eigenvalue weighted by Crippen LogP contribution is -2.29. The first-order chi connectivity index (χ1) is 6.91. The lowest BCUT2D eigenvalue weighted by atomic mass is 9.92. The molecule has 2 N–H and O–H groups in total. The first-order valence-corrected chi connectivity index (χ1v) is 5.74. The van der Waals surface area contributed by atoms with E-state index in [1.165, 1.54) is 22.3 Å². The molecule has 1 aromatic carbocycles. The highest BCUT2D eigenvalue weighted by Crippen LogP contribution is 2.18. The van der Waals surface area contributed by atoms with Crippen LogP contribution in [0.2, 0.25) is 0 Å². The van der Waals surface area contributed by atoms with Crippen molar-refractivity contribution in [1.29, 1.82) is 0 Å². The van der Waals surface area contributed by atoms with E-state index >= 15 is 0 Å². The summed E-state index contributed by atoms with van der Waals surface area (Å²) in [6.07, 6.45) is 0.991. The van der Waals surface area contributed by atoms with Gasteiger partial charge in [0.15, 0.2) is 0 Å². The molecule has 1 rings (SSSR count). The van der Waals surface area contributed by atoms with Crippen molar-refractivity contribution in [3.05, 3.63) is 34.4 Å². The van der Waals surface area contributed by atoms with Gasteiger partial charge in [-0.05, 0) is 55.4 Å². The molecule has 0 saturated heterocycles. The normalized spacial score (nSPS) is 13.3. The van der Waals surface area contributed by atoms with Gasteiger partial charge in [-0.1, -0.05) is 26.0 Å². The van der Waals surface area contributed by atoms with E-state index in [9.17, 15) is 0 Å². The highest BCUT2D eigenvalue weighted by atomic mass is 14.6. The van der Waals surface area contributed by atoms with Crippen molar-refractivity contribution in [3.63, 3.8) is 0 Å². The smallest absolute Gasteiger partial charge is 0.0103 e. The van der Waals surface area contributed by atoms with Gasteiger partial charge < -0.3 is 5.73 Å². The maximum atomic E-state index is 6.11. The van der Waals surface area contributed by atoms with Crippen LogP contribution >= 0.6 is 0 Å². The van der Waals surface area contributed by atoms with Crippen molar-refractivity contribution in [2.45, 2.75) is 47.1 Å². The van der Waals surface area contributed by atoms with Gasteiger partial charge in [0, 0.05) is 6.04 Å². The monoisotopic (exact) mass is 205 g/mol. The van der Waals surface area contributed by atoms with E-state index in [1.54, 1.807) is 0 Å². The van der Waals surface area contributed by atoms with Gasteiger partial charge in [-0.2, -0.15) is 0 Å². The van der Waals surface area contributed by atoms with Crippen LogP contribution in [0.15, 0.2) is 12.1 Å². The maximum absolute atomic E-state index is 6.11. The Bertz CT molecular complexity index is 339. The summed E-state index contributed by atoms with van der Waals surface area (Å²) in [5.41, 5.74) is 11.6. The largest absolute Gasteiger partial charge is 0.327 e. The third kappa shape index (κ3) is 3.07. The number of benzene rings is 1. The molecule has 1 nitrogen and oxygen atoms in total. The van der Waals surface area contributed by atoms with Crippen molar-refractivity contribution >= 4 is 0 Å². The Kier molecular flexibility index (Phi) is 3.92. The van der Waals surface area contributed by atoms with Gasteiger partial charge in [-0.25, -0.2) is 0 Å². The van der Waals surface area contributed by atoms with Crippen LogP contribution in [-0.4, -0.2) is 6.04 Å². The number of hydrogen-bond donors (Lipinski definition) is 1. The molecule has 1 aromatic rings. The van der Waals surface area contributed by atoms with Gasteiger partial charge in [0.1, 0.15) is 0 Å². The Morgan fingerprint density at radius 2 is 1.53 bits per heavy atom. The van der Waals surface area contributed by atoms with Crippen LogP contribution < -0.4 is 5.73 Å². The number of hydrogen-bond acceptors (Lipinski definition) is 1. The fourth-order valence-electron chi connectivity index (χ4n) is 1.73. The minimum Gasteiger partial charge on any atom is -0.327 e. The van der Waals surface area contributed by atoms with E-state index in [-0.39, 0.29) is 6.04 Å². The molecule has 15 heavy (non-hydrogen) atoms. The van der Waals surface area contributed by atoms with Gasteiger partial charge in [-0.3, -0.25) is 0 Å². The van der Waals surface area contributed by atoms with Crippen molar-refractivity contribution < 1.29 is 0 Å². The Hall–Kier alpha value is -0.820. The topological polar surface area (TPSA) is 26.0 Å². The van der Waals surface area contributed by atoms with Crippen molar-refractivity contribution in [1.82, 2.24) is 0 Å². The molecule has 0 aliphatic rings. The summed E-state index contributed by atoms with van der Waals surface area (Å²) >= 11 is 0. The van der Waals surface area contributed by atoms with E-state index in [4.69, 9.17) is 5.73 Å². The summed E-state index contributed by atoms with van der Waals surface area (Å²) < 4.78 is 0. The van der Waals surface area contributed by atoms with Crippen molar-refractivity contribution in [2.75, 3.05) is 0 Å². The molecule has 84 valence electrons. The average molecular weight is 205 g/mol. The van der Waals surface area contributed by atoms with Gasteiger partial charge in [-0.15, -0.1) is 0 Å². The second-order valence-electron chi connectivity index (χ2n) is 4.97. The molecule has 0 aliphatic heterocycles. The summed E-state index contributed by atoms with van der Waals surface area (Å²) in [6, 6.07) is 4.82. The summed E-state index contributed by atoms with van der Waals surface area (Å²) in [7, 11) is 0. The standard InChI is InChI=1S/C14H23N/c1-9(2)14(15)8-13-7-11(4)10(3)6-12(13)5/h6-7,9,14H,8,15H2,1-5H3. The van der Waals surface area contributed by atoms with Gasteiger partial charge >= 0.3 is 0 Å². The van der Waals surface area contributed by atoms with Crippen molar-refractivity contribution in [2.24, 2.45) is 11.7 Å². The zero-order valence-corrected chi connectivity index (χ0v) is 10.6. The summed E-state index contributed by atoms with van der Waals surface area (Å²) in [5.74, 6) is 0.547. The zero-order chi connectivity index (χ0) is 11.6. The average Bonchev–Trinajstić information content (AvgIpc) is 2.13. The van der Waals surface area contributed by atoms with Crippen LogP contribution in [0.1, 0.15) is 36.1 Å². The van der Waals surface area contributed by atoms with Crippen LogP contribution in [-0.2, 0) is 6.42 Å². The highest BCUT2D eigenvalue weighted by molar-refractivity contribution is 5.36. The van der Waals surface area contributed by atoms with Crippen LogP contribution in [0.4, 0.5) is 0 Å². The van der Waals surface area contributed by atoms with E-state index < -0.39 is 0 Å². The van der Waals surface area contributed by atoms with Crippen LogP contribution in [0.25, 0.3) is 0 Å². The van der Waals surface area contributed by atoms with Crippen LogP contribution in [0, 0.1) is 26.7 Å². The molecular weight excluding hydrogens is 182 g/mol. The Balaban J connectivity index is 2.91. The Morgan fingerprint density at radius 3 is 2.07 bits per heavy atom. The first kappa shape index (κ1) is 12.3. The molecule has 1 atom stereocenters. The maximum Gasteiger partial charge on any atom is 0.0103 e. The van der Waals surface area contributed by atoms with Crippen LogP contribution in [0.5, 0.6) is 0 Å². The fourth-order valence-corrected chi connectivity index (χ4v) is 1.73.